The third-order valence-electron chi connectivity index (χ3n) is 4.23. The van der Waals surface area contributed by atoms with E-state index in [1.165, 1.54) is 23.1 Å². The molecule has 2 heterocycles. The van der Waals surface area contributed by atoms with Gasteiger partial charge in [0.1, 0.15) is 18.7 Å². The highest BCUT2D eigenvalue weighted by Crippen LogP contribution is 2.19. The van der Waals surface area contributed by atoms with E-state index in [0.29, 0.717) is 22.9 Å². The van der Waals surface area contributed by atoms with E-state index < -0.39 is 17.3 Å². The van der Waals surface area contributed by atoms with Gasteiger partial charge in [-0.25, -0.2) is 14.1 Å². The molecule has 1 amide bonds. The number of nitrogens with one attached hydrogen (secondary N) is 1. The zero-order chi connectivity index (χ0) is 21.3. The van der Waals surface area contributed by atoms with Crippen LogP contribution >= 0.6 is 23.2 Å². The maximum Gasteiger partial charge on any atom is 0.283 e. The number of anilines is 1. The maximum atomic E-state index is 13.2. The molecule has 0 saturated carbocycles. The van der Waals surface area contributed by atoms with Gasteiger partial charge < -0.3 is 5.32 Å². The number of carbonyl (C=O) groups excluding carboxylic acids is 1. The molecule has 30 heavy (non-hydrogen) atoms. The van der Waals surface area contributed by atoms with Crippen LogP contribution < -0.4 is 10.9 Å². The van der Waals surface area contributed by atoms with Crippen molar-refractivity contribution in [2.75, 3.05) is 5.32 Å². The van der Waals surface area contributed by atoms with E-state index in [1.54, 1.807) is 12.1 Å². The number of amides is 1. The van der Waals surface area contributed by atoms with Crippen molar-refractivity contribution in [2.45, 2.75) is 13.1 Å². The summed E-state index contributed by atoms with van der Waals surface area (Å²) in [4.78, 5) is 29.1. The molecule has 11 heteroatoms. The van der Waals surface area contributed by atoms with Crippen molar-refractivity contribution in [3.05, 3.63) is 80.6 Å². The molecule has 0 aliphatic rings. The molecule has 0 radical (unpaired) electrons. The van der Waals surface area contributed by atoms with Crippen LogP contribution in [0.3, 0.4) is 0 Å². The number of nitrogens with zero attached hydrogens (tertiary/aromatic N) is 5. The van der Waals surface area contributed by atoms with Gasteiger partial charge in [0.25, 0.3) is 5.56 Å². The first-order valence-corrected chi connectivity index (χ1v) is 9.44. The first-order valence-electron chi connectivity index (χ1n) is 8.68. The highest BCUT2D eigenvalue weighted by molar-refractivity contribution is 6.31. The van der Waals surface area contributed by atoms with Crippen LogP contribution in [0.4, 0.5) is 10.1 Å². The molecule has 2 aromatic carbocycles. The van der Waals surface area contributed by atoms with Crippen molar-refractivity contribution < 1.29 is 9.18 Å². The van der Waals surface area contributed by atoms with Gasteiger partial charge in [-0.2, -0.15) is 0 Å². The van der Waals surface area contributed by atoms with E-state index in [0.717, 1.165) is 16.2 Å². The standard InChI is InChI=1S/C19H13Cl2FN6O2/c20-12-3-1-2-11(6-12)8-28-18-17(25-26-28)19(30)27(10-23-18)9-16(29)24-13-4-5-15(22)14(21)7-13/h1-7,10H,8-9H2,(H,24,29). The average Bonchev–Trinajstić information content (AvgIpc) is 3.10. The summed E-state index contributed by atoms with van der Waals surface area (Å²) < 4.78 is 15.8. The zero-order valence-corrected chi connectivity index (χ0v) is 16.7. The van der Waals surface area contributed by atoms with Crippen LogP contribution in [0.15, 0.2) is 53.6 Å². The van der Waals surface area contributed by atoms with Crippen LogP contribution in [0.25, 0.3) is 11.2 Å². The van der Waals surface area contributed by atoms with Gasteiger partial charge in [-0.05, 0) is 35.9 Å². The zero-order valence-electron chi connectivity index (χ0n) is 15.2. The van der Waals surface area contributed by atoms with Crippen molar-refractivity contribution in [3.8, 4) is 0 Å². The van der Waals surface area contributed by atoms with Gasteiger partial charge in [0, 0.05) is 10.7 Å². The number of carbonyl (C=O) groups is 1. The number of benzene rings is 2. The summed E-state index contributed by atoms with van der Waals surface area (Å²) in [5.74, 6) is -1.10. The maximum absolute atomic E-state index is 13.2. The molecule has 0 atom stereocenters. The van der Waals surface area contributed by atoms with Crippen LogP contribution in [0, 0.1) is 5.82 Å². The fourth-order valence-corrected chi connectivity index (χ4v) is 3.24. The van der Waals surface area contributed by atoms with Gasteiger partial charge in [0.2, 0.25) is 5.91 Å². The first kappa shape index (κ1) is 20.0. The lowest BCUT2D eigenvalue weighted by Crippen LogP contribution is -2.28. The monoisotopic (exact) mass is 446 g/mol. The Labute approximate surface area is 178 Å². The van der Waals surface area contributed by atoms with Gasteiger partial charge in [-0.15, -0.1) is 5.10 Å². The molecular formula is C19H13Cl2FN6O2. The average molecular weight is 447 g/mol. The Morgan fingerprint density at radius 1 is 1.17 bits per heavy atom. The lowest BCUT2D eigenvalue weighted by atomic mass is 10.2. The second-order valence-electron chi connectivity index (χ2n) is 6.40. The van der Waals surface area contributed by atoms with E-state index in [-0.39, 0.29) is 17.1 Å². The topological polar surface area (TPSA) is 94.7 Å². The first-order chi connectivity index (χ1) is 14.4. The van der Waals surface area contributed by atoms with Gasteiger partial charge >= 0.3 is 0 Å². The number of halogens is 3. The minimum absolute atomic E-state index is 0.0390. The second-order valence-corrected chi connectivity index (χ2v) is 7.25. The molecule has 0 unspecified atom stereocenters. The summed E-state index contributed by atoms with van der Waals surface area (Å²) in [5.41, 5.74) is 1.00. The lowest BCUT2D eigenvalue weighted by molar-refractivity contribution is -0.116. The van der Waals surface area contributed by atoms with Crippen LogP contribution in [0.5, 0.6) is 0 Å². The van der Waals surface area contributed by atoms with Crippen LogP contribution in [-0.4, -0.2) is 30.5 Å². The Hall–Kier alpha value is -3.30. The fourth-order valence-electron chi connectivity index (χ4n) is 2.84. The normalized spacial score (nSPS) is 11.0. The number of rotatable bonds is 5. The fraction of sp³-hybridized carbons (Fsp3) is 0.105. The van der Waals surface area contributed by atoms with Gasteiger partial charge in [0.15, 0.2) is 11.2 Å². The largest absolute Gasteiger partial charge is 0.324 e. The molecule has 0 fully saturated rings. The van der Waals surface area contributed by atoms with Crippen molar-refractivity contribution in [2.24, 2.45) is 0 Å². The quantitative estimate of drug-likeness (QED) is 0.508. The molecule has 8 nitrogen and oxygen atoms in total. The Bertz CT molecular complexity index is 1320. The smallest absolute Gasteiger partial charge is 0.283 e. The molecule has 2 aromatic heterocycles. The molecule has 4 aromatic rings. The van der Waals surface area contributed by atoms with Gasteiger partial charge in [-0.1, -0.05) is 40.5 Å². The Morgan fingerprint density at radius 3 is 2.77 bits per heavy atom. The molecule has 0 aliphatic carbocycles. The Morgan fingerprint density at radius 2 is 2.00 bits per heavy atom. The summed E-state index contributed by atoms with van der Waals surface area (Å²) in [6.45, 7) is 0.0250. The summed E-state index contributed by atoms with van der Waals surface area (Å²) in [5, 5.41) is 10.9. The van der Waals surface area contributed by atoms with E-state index >= 15 is 0 Å². The lowest BCUT2D eigenvalue weighted by Gasteiger charge is -2.08. The van der Waals surface area contributed by atoms with Gasteiger partial charge in [-0.3, -0.25) is 14.2 Å². The van der Waals surface area contributed by atoms with Crippen molar-refractivity contribution >= 4 is 46.0 Å². The summed E-state index contributed by atoms with van der Waals surface area (Å²) in [6.07, 6.45) is 1.25. The Balaban J connectivity index is 1.54. The number of hydrogen-bond donors (Lipinski definition) is 1. The molecule has 0 saturated heterocycles. The molecule has 0 spiro atoms. The minimum atomic E-state index is -0.596. The number of hydrogen-bond acceptors (Lipinski definition) is 5. The summed E-state index contributed by atoms with van der Waals surface area (Å²) in [7, 11) is 0. The minimum Gasteiger partial charge on any atom is -0.324 e. The van der Waals surface area contributed by atoms with Crippen molar-refractivity contribution in [1.82, 2.24) is 24.5 Å². The molecule has 152 valence electrons. The Kier molecular flexibility index (Phi) is 5.47. The van der Waals surface area contributed by atoms with Crippen molar-refractivity contribution in [3.63, 3.8) is 0 Å². The number of fused-ring (bicyclic) bond motifs is 1. The van der Waals surface area contributed by atoms with E-state index in [1.807, 2.05) is 12.1 Å². The summed E-state index contributed by atoms with van der Waals surface area (Å²) in [6, 6.07) is 11.0. The molecular weight excluding hydrogens is 434 g/mol. The third kappa shape index (κ3) is 4.17. The molecule has 4 rings (SSSR count). The predicted octanol–water partition coefficient (Wildman–Crippen LogP) is 3.12. The van der Waals surface area contributed by atoms with Crippen LogP contribution in [0.2, 0.25) is 10.0 Å². The number of aromatic nitrogens is 5. The molecule has 0 bridgehead atoms. The van der Waals surface area contributed by atoms with Crippen LogP contribution in [0.1, 0.15) is 5.56 Å². The van der Waals surface area contributed by atoms with E-state index in [2.05, 4.69) is 20.6 Å². The third-order valence-corrected chi connectivity index (χ3v) is 4.76. The van der Waals surface area contributed by atoms with E-state index in [9.17, 15) is 14.0 Å². The van der Waals surface area contributed by atoms with E-state index in [4.69, 9.17) is 23.2 Å². The van der Waals surface area contributed by atoms with Crippen LogP contribution in [-0.2, 0) is 17.9 Å². The molecule has 0 aliphatic heterocycles. The van der Waals surface area contributed by atoms with Gasteiger partial charge in [0.05, 0.1) is 11.6 Å². The predicted molar refractivity (Wildman–Crippen MR) is 110 cm³/mol. The second kappa shape index (κ2) is 8.21. The molecule has 1 N–H and O–H groups in total. The van der Waals surface area contributed by atoms with Crippen molar-refractivity contribution in [1.29, 1.82) is 0 Å². The summed E-state index contributed by atoms with van der Waals surface area (Å²) >= 11 is 11.7. The highest BCUT2D eigenvalue weighted by Gasteiger charge is 2.14. The highest BCUT2D eigenvalue weighted by atomic mass is 35.5. The SMILES string of the molecule is O=C(Cn1cnc2c(nnn2Cc2cccc(Cl)c2)c1=O)Nc1ccc(F)c(Cl)c1.